The molecule has 0 saturated heterocycles. The van der Waals surface area contributed by atoms with Crippen molar-refractivity contribution in [1.82, 2.24) is 0 Å². The molecule has 51 heavy (non-hydrogen) atoms. The molecule has 0 aliphatic carbocycles. The van der Waals surface area contributed by atoms with E-state index in [0.717, 1.165) is 72.9 Å². The molecule has 0 aromatic carbocycles. The first-order valence-corrected chi connectivity index (χ1v) is 32.0. The Morgan fingerprint density at radius 3 is 0.745 bits per heavy atom. The van der Waals surface area contributed by atoms with Crippen molar-refractivity contribution >= 4 is 88.2 Å². The van der Waals surface area contributed by atoms with Gasteiger partial charge in [-0.2, -0.15) is 0 Å². The SMILES string of the molecule is CCO[Si](CCCSSCCC[Si](OCC)(OCC)OCC)(OCC)OCC.CO[Si](CCCSSSCCC[Si](OC)(OC)OC)(OC)OC. The van der Waals surface area contributed by atoms with Gasteiger partial charge in [-0.25, -0.2) is 0 Å². The van der Waals surface area contributed by atoms with E-state index in [-0.39, 0.29) is 0 Å². The molecule has 0 radical (unpaired) electrons. The highest BCUT2D eigenvalue weighted by molar-refractivity contribution is 9.09. The number of hydrogen-bond acceptors (Lipinski definition) is 17. The first kappa shape index (κ1) is 55.2. The van der Waals surface area contributed by atoms with Crippen LogP contribution in [0.1, 0.15) is 67.2 Å². The maximum atomic E-state index is 5.90. The van der Waals surface area contributed by atoms with Gasteiger partial charge in [-0.05, 0) is 77.1 Å². The minimum Gasteiger partial charge on any atom is -0.377 e. The third kappa shape index (κ3) is 25.9. The maximum absolute atomic E-state index is 5.90. The molecule has 0 heterocycles. The Hall–Kier alpha value is 2.14. The Kier molecular flexibility index (Phi) is 39.5. The lowest BCUT2D eigenvalue weighted by Gasteiger charge is -2.28. The lowest BCUT2D eigenvalue weighted by Crippen LogP contribution is -2.46. The third-order valence-electron chi connectivity index (χ3n) is 7.07. The van der Waals surface area contributed by atoms with Gasteiger partial charge >= 0.3 is 35.2 Å². The summed E-state index contributed by atoms with van der Waals surface area (Å²) in [4.78, 5) is 0. The van der Waals surface area contributed by atoms with Crippen LogP contribution in [0.4, 0.5) is 0 Å². The monoisotopic (exact) mass is 896 g/mol. The molecule has 0 atom stereocenters. The first-order chi connectivity index (χ1) is 24.6. The van der Waals surface area contributed by atoms with Gasteiger partial charge in [-0.3, -0.25) is 0 Å². The van der Waals surface area contributed by atoms with Crippen LogP contribution in [0.3, 0.4) is 0 Å². The first-order valence-electron chi connectivity index (χ1n) is 17.9. The number of rotatable bonds is 37. The van der Waals surface area contributed by atoms with Gasteiger partial charge in [0.15, 0.2) is 0 Å². The molecule has 0 rings (SSSR count). The van der Waals surface area contributed by atoms with Crippen LogP contribution in [-0.2, 0) is 53.1 Å². The van der Waals surface area contributed by atoms with Gasteiger partial charge in [-0.1, -0.05) is 43.2 Å². The standard InChI is InChI=1S/C18H42O6S2Si2.C12H30O6S3Si2/c1-7-19-27(20-8-2,21-9-3)17-13-15-25-26-16-14-18-28(22-10-4,23-11-5)24-12-6;1-13-22(14-2,15-3)11-7-9-19-21-20-10-8-12-23(16-4,17-5)18-6/h7-18H2,1-6H3;7-12H2,1-6H3. The van der Waals surface area contributed by atoms with Crippen molar-refractivity contribution in [2.45, 2.75) is 91.4 Å². The Balaban J connectivity index is 0. The zero-order chi connectivity index (χ0) is 38.7. The molecule has 0 fully saturated rings. The molecule has 0 unspecified atom stereocenters. The molecule has 0 aromatic heterocycles. The molecule has 310 valence electrons. The Morgan fingerprint density at radius 2 is 0.529 bits per heavy atom. The molecular weight excluding hydrogens is 825 g/mol. The summed E-state index contributed by atoms with van der Waals surface area (Å²) in [7, 11) is 9.48. The molecular formula is C30H72O12S5Si4. The Bertz CT molecular complexity index is 649. The van der Waals surface area contributed by atoms with Crippen molar-refractivity contribution < 1.29 is 53.1 Å². The molecule has 0 saturated carbocycles. The highest BCUT2D eigenvalue weighted by Gasteiger charge is 2.41. The summed E-state index contributed by atoms with van der Waals surface area (Å²) in [5.41, 5.74) is 0. The second-order valence-corrected chi connectivity index (χ2v) is 29.1. The predicted octanol–water partition coefficient (Wildman–Crippen LogP) is 8.80. The summed E-state index contributed by atoms with van der Waals surface area (Å²) in [5, 5.41) is 0. The fourth-order valence-corrected chi connectivity index (χ4v) is 20.5. The largest absolute Gasteiger partial charge is 0.500 e. The zero-order valence-corrected chi connectivity index (χ0v) is 41.8. The molecule has 0 aliphatic rings. The van der Waals surface area contributed by atoms with E-state index in [0.29, 0.717) is 39.6 Å². The van der Waals surface area contributed by atoms with Crippen LogP contribution in [0.2, 0.25) is 24.2 Å². The van der Waals surface area contributed by atoms with E-state index >= 15 is 0 Å². The van der Waals surface area contributed by atoms with Crippen LogP contribution in [0, 0.1) is 0 Å². The lowest BCUT2D eigenvalue weighted by molar-refractivity contribution is 0.0704. The third-order valence-corrected chi connectivity index (χ3v) is 26.0. The van der Waals surface area contributed by atoms with Crippen LogP contribution in [-0.4, -0.2) is 141 Å². The average molecular weight is 898 g/mol. The van der Waals surface area contributed by atoms with E-state index in [9.17, 15) is 0 Å². The topological polar surface area (TPSA) is 111 Å². The molecule has 21 heteroatoms. The number of hydrogen-bond donors (Lipinski definition) is 0. The lowest BCUT2D eigenvalue weighted by atomic mass is 10.6. The second kappa shape index (κ2) is 36.5. The van der Waals surface area contributed by atoms with E-state index in [1.54, 1.807) is 42.7 Å². The van der Waals surface area contributed by atoms with Gasteiger partial charge in [0, 0.05) is 129 Å². The molecule has 0 aliphatic heterocycles. The highest BCUT2D eigenvalue weighted by Crippen LogP contribution is 2.36. The summed E-state index contributed by atoms with van der Waals surface area (Å²) in [6.07, 6.45) is 4.12. The minimum atomic E-state index is -2.49. The summed E-state index contributed by atoms with van der Waals surface area (Å²) in [6, 6.07) is 3.45. The predicted molar refractivity (Wildman–Crippen MR) is 230 cm³/mol. The van der Waals surface area contributed by atoms with Crippen molar-refractivity contribution in [2.75, 3.05) is 105 Å². The highest BCUT2D eigenvalue weighted by atomic mass is 33.5. The van der Waals surface area contributed by atoms with Crippen LogP contribution in [0.25, 0.3) is 0 Å². The Morgan fingerprint density at radius 1 is 0.314 bits per heavy atom. The van der Waals surface area contributed by atoms with Crippen molar-refractivity contribution in [1.29, 1.82) is 0 Å². The van der Waals surface area contributed by atoms with Gasteiger partial charge in [0.05, 0.1) is 0 Å². The van der Waals surface area contributed by atoms with Crippen LogP contribution in [0.15, 0.2) is 0 Å². The summed E-state index contributed by atoms with van der Waals surface area (Å²) in [5.74, 6) is 4.24. The van der Waals surface area contributed by atoms with Crippen LogP contribution in [0.5, 0.6) is 0 Å². The van der Waals surface area contributed by atoms with Gasteiger partial charge in [0.25, 0.3) is 0 Å². The Labute approximate surface area is 336 Å². The van der Waals surface area contributed by atoms with Gasteiger partial charge in [-0.15, -0.1) is 0 Å². The zero-order valence-electron chi connectivity index (χ0n) is 33.7. The average Bonchev–Trinajstić information content (AvgIpc) is 3.13. The summed E-state index contributed by atoms with van der Waals surface area (Å²) in [6.45, 7) is 15.8. The van der Waals surface area contributed by atoms with E-state index in [1.165, 1.54) is 0 Å². The van der Waals surface area contributed by atoms with Crippen molar-refractivity contribution in [3.8, 4) is 0 Å². The smallest absolute Gasteiger partial charge is 0.377 e. The van der Waals surface area contributed by atoms with E-state index in [4.69, 9.17) is 53.1 Å². The minimum absolute atomic E-state index is 0.638. The van der Waals surface area contributed by atoms with Crippen molar-refractivity contribution in [2.24, 2.45) is 0 Å². The molecule has 0 bridgehead atoms. The van der Waals surface area contributed by atoms with Crippen LogP contribution >= 0.6 is 53.0 Å². The summed E-state index contributed by atoms with van der Waals surface area (Å²) >= 11 is 0. The second-order valence-electron chi connectivity index (χ2n) is 10.3. The van der Waals surface area contributed by atoms with E-state index in [1.807, 2.05) is 94.5 Å². The van der Waals surface area contributed by atoms with Crippen LogP contribution < -0.4 is 0 Å². The normalized spacial score (nSPS) is 12.7. The van der Waals surface area contributed by atoms with Gasteiger partial charge in [0.2, 0.25) is 0 Å². The van der Waals surface area contributed by atoms with Gasteiger partial charge in [0.1, 0.15) is 0 Å². The fraction of sp³-hybridized carbons (Fsp3) is 1.00. The summed E-state index contributed by atoms with van der Waals surface area (Å²) < 4.78 is 67.8. The van der Waals surface area contributed by atoms with Crippen molar-refractivity contribution in [3.05, 3.63) is 0 Å². The molecule has 0 aromatic rings. The van der Waals surface area contributed by atoms with E-state index in [2.05, 4.69) is 0 Å². The van der Waals surface area contributed by atoms with E-state index < -0.39 is 35.2 Å². The fourth-order valence-electron chi connectivity index (χ4n) is 4.73. The molecule has 0 N–H and O–H groups in total. The maximum Gasteiger partial charge on any atom is 0.500 e. The molecule has 0 amide bonds. The molecule has 12 nitrogen and oxygen atoms in total. The molecule has 0 spiro atoms. The van der Waals surface area contributed by atoms with Crippen molar-refractivity contribution in [3.63, 3.8) is 0 Å². The quantitative estimate of drug-likeness (QED) is 0.0336. The van der Waals surface area contributed by atoms with Gasteiger partial charge < -0.3 is 53.1 Å².